The molecule has 6 aromatic rings. The molecule has 2 aromatic heterocycles. The molecule has 4 aromatic carbocycles. The van der Waals surface area contributed by atoms with Crippen molar-refractivity contribution >= 4 is 122 Å². The smallest absolute Gasteiger partial charge is 0.310 e. The minimum absolute atomic E-state index is 0.0493. The number of ketones is 2. The number of carbonyl (C=O) groups excluding carboxylic acids is 5. The topological polar surface area (TPSA) is 280 Å². The molecule has 4 N–H and O–H groups in total. The number of allylic oxidation sites excluding steroid dienone is 4. The molecule has 3 amide bonds. The van der Waals surface area contributed by atoms with Crippen LogP contribution in [-0.4, -0.2) is 124 Å². The lowest BCUT2D eigenvalue weighted by molar-refractivity contribution is -0.147. The van der Waals surface area contributed by atoms with Gasteiger partial charge in [-0.3, -0.25) is 33.5 Å². The van der Waals surface area contributed by atoms with Crippen molar-refractivity contribution in [2.45, 2.75) is 203 Å². The van der Waals surface area contributed by atoms with E-state index in [1.165, 1.54) is 22.7 Å². The molecule has 25 heteroatoms. The van der Waals surface area contributed by atoms with Crippen molar-refractivity contribution in [3.8, 4) is 10.4 Å². The zero-order valence-corrected chi connectivity index (χ0v) is 62.4. The first-order valence-electron chi connectivity index (χ1n) is 35.4. The average molecular weight is 1490 g/mol. The molecule has 0 unspecified atom stereocenters. The minimum atomic E-state index is -3.89. The summed E-state index contributed by atoms with van der Waals surface area (Å²) in [5.74, 6) is -3.14. The number of benzene rings is 4. The molecule has 101 heavy (non-hydrogen) atoms. The van der Waals surface area contributed by atoms with E-state index in [9.17, 15) is 50.7 Å². The lowest BCUT2D eigenvalue weighted by Crippen LogP contribution is -2.47. The van der Waals surface area contributed by atoms with Crippen LogP contribution in [0.5, 0.6) is 10.4 Å². The van der Waals surface area contributed by atoms with Crippen LogP contribution in [-0.2, 0) is 61.7 Å². The highest BCUT2D eigenvalue weighted by atomic mass is 35.5. The Hall–Kier alpha value is -6.60. The summed E-state index contributed by atoms with van der Waals surface area (Å²) in [5, 5.41) is 17.1. The van der Waals surface area contributed by atoms with E-state index in [-0.39, 0.29) is 79.4 Å². The van der Waals surface area contributed by atoms with Crippen LogP contribution in [0, 0.1) is 48.3 Å². The maximum Gasteiger partial charge on any atom is 0.310 e. The number of carboxylic acid groups (broad SMARTS) is 1. The predicted molar refractivity (Wildman–Crippen MR) is 393 cm³/mol. The third-order valence-electron chi connectivity index (χ3n) is 22.0. The predicted octanol–water partition coefficient (Wildman–Crippen LogP) is 13.8. The van der Waals surface area contributed by atoms with Gasteiger partial charge in [0.25, 0.3) is 10.4 Å². The number of fused-ring (bicyclic) bond motifs is 6. The summed E-state index contributed by atoms with van der Waals surface area (Å²) in [6.45, 7) is 7.87. The normalized spacial score (nSPS) is 28.7. The number of aromatic nitrogens is 2. The Morgan fingerprint density at radius 2 is 1.07 bits per heavy atom. The van der Waals surface area contributed by atoms with Gasteiger partial charge in [0.2, 0.25) is 37.8 Å². The molecular formula is C76H90Cl2N6O13S4. The summed E-state index contributed by atoms with van der Waals surface area (Å²) in [4.78, 5) is 96.2. The molecular weight excluding hydrogens is 1400 g/mol. The molecule has 2 saturated heterocycles. The van der Waals surface area contributed by atoms with Gasteiger partial charge in [-0.15, -0.1) is 0 Å². The number of aliphatic carboxylic acids is 1. The van der Waals surface area contributed by atoms with E-state index in [1.54, 1.807) is 35.8 Å². The van der Waals surface area contributed by atoms with Gasteiger partial charge in [-0.05, 0) is 177 Å². The second-order valence-corrected chi connectivity index (χ2v) is 37.1. The van der Waals surface area contributed by atoms with Gasteiger partial charge in [0.1, 0.15) is 12.2 Å². The van der Waals surface area contributed by atoms with Crippen LogP contribution >= 0.6 is 45.9 Å². The summed E-state index contributed by atoms with van der Waals surface area (Å²) in [6.07, 6.45) is 20.8. The van der Waals surface area contributed by atoms with E-state index in [2.05, 4.69) is 45.0 Å². The Labute approximate surface area is 609 Å². The Morgan fingerprint density at radius 3 is 1.50 bits per heavy atom. The lowest BCUT2D eigenvalue weighted by atomic mass is 9.89. The van der Waals surface area contributed by atoms with Crippen LogP contribution in [0.1, 0.15) is 165 Å². The van der Waals surface area contributed by atoms with Crippen LogP contribution in [0.4, 0.5) is 0 Å². The van der Waals surface area contributed by atoms with Gasteiger partial charge in [-0.2, -0.15) is 0 Å². The van der Waals surface area contributed by atoms with Crippen molar-refractivity contribution in [2.24, 2.45) is 39.6 Å². The van der Waals surface area contributed by atoms with E-state index in [0.717, 1.165) is 113 Å². The van der Waals surface area contributed by atoms with Crippen molar-refractivity contribution in [2.75, 3.05) is 13.1 Å². The van der Waals surface area contributed by atoms with E-state index in [1.807, 2.05) is 80.6 Å². The number of aryl methyl sites for hydroxylation is 2. The number of primary sulfonamides is 1. The Morgan fingerprint density at radius 1 is 0.624 bits per heavy atom. The van der Waals surface area contributed by atoms with Gasteiger partial charge in [0.15, 0.2) is 11.6 Å². The molecule has 540 valence electrons. The van der Waals surface area contributed by atoms with E-state index < -0.39 is 76.5 Å². The average Bonchev–Trinajstić information content (AvgIpc) is 1.54. The number of nitrogens with one attached hydrogen (secondary N) is 1. The number of halogens is 2. The molecule has 0 radical (unpaired) electrons. The second-order valence-electron chi connectivity index (χ2n) is 30.0. The van der Waals surface area contributed by atoms with Crippen molar-refractivity contribution in [1.29, 1.82) is 0 Å². The number of nitrogens with zero attached hydrogens (tertiary/aromatic N) is 4. The molecule has 8 aliphatic rings. The van der Waals surface area contributed by atoms with Crippen LogP contribution in [0.2, 0.25) is 10.0 Å². The summed E-state index contributed by atoms with van der Waals surface area (Å²) in [5.41, 5.74) is 3.72. The highest BCUT2D eigenvalue weighted by Crippen LogP contribution is 2.59. The summed E-state index contributed by atoms with van der Waals surface area (Å²) in [6, 6.07) is 25.8. The fraction of sp³-hybridized carbons (Fsp3) is 0.526. The number of sulfonamides is 2. The highest BCUT2D eigenvalue weighted by Gasteiger charge is 2.64. The number of thiazole rings is 2. The molecule has 0 bridgehead atoms. The molecule has 4 aliphatic carbocycles. The zero-order valence-electron chi connectivity index (χ0n) is 57.6. The molecule has 4 saturated carbocycles. The van der Waals surface area contributed by atoms with E-state index >= 15 is 0 Å². The van der Waals surface area contributed by atoms with Gasteiger partial charge in [-0.1, -0.05) is 156 Å². The molecule has 10 atom stereocenters. The van der Waals surface area contributed by atoms with Gasteiger partial charge in [0, 0.05) is 47.6 Å². The molecule has 14 rings (SSSR count). The number of hydrogen-bond donors (Lipinski definition) is 3. The Balaban J connectivity index is 0.000000173. The second kappa shape index (κ2) is 30.2. The monoisotopic (exact) mass is 1490 g/mol. The largest absolute Gasteiger partial charge is 0.481 e. The molecule has 19 nitrogen and oxygen atoms in total. The number of hydrogen-bond acceptors (Lipinski definition) is 16. The van der Waals surface area contributed by atoms with Crippen molar-refractivity contribution in [3.63, 3.8) is 0 Å². The van der Waals surface area contributed by atoms with Gasteiger partial charge >= 0.3 is 5.97 Å². The summed E-state index contributed by atoms with van der Waals surface area (Å²) < 4.78 is 62.5. The SMILES string of the molecule is CC1(S(N)(=O)=O)CC1.Cc1cccc(C[C@H]2CCCCC/C=C\[C@@H]3C[C@@]3(C(=O)NS(=O)(=O)C3(C)CC3)CC(=O)[C@@H]3C[C@@H](Oc4nc5ccc(Cl)cc5s4)CN3C2=O)c1.Cc1cccc(C[C@H]2CCCCC/C=C\[C@@H]3C[C@@]3(C(=O)O)CC(=O)[C@@H]3C[C@@H](Oc4nc5ccc(Cl)cc5s4)CN3C2=O)c1. The third-order valence-corrected chi connectivity index (χ3v) is 28.3. The fourth-order valence-electron chi connectivity index (χ4n) is 14.9. The fourth-order valence-corrected chi connectivity index (χ4v) is 19.2. The highest BCUT2D eigenvalue weighted by molar-refractivity contribution is 7.91. The maximum atomic E-state index is 14.6. The zero-order chi connectivity index (χ0) is 71.8. The lowest BCUT2D eigenvalue weighted by Gasteiger charge is -2.29. The van der Waals surface area contributed by atoms with Crippen LogP contribution in [0.3, 0.4) is 0 Å². The Kier molecular flexibility index (Phi) is 22.2. The van der Waals surface area contributed by atoms with Gasteiger partial charge in [0.05, 0.1) is 65.9 Å². The van der Waals surface area contributed by atoms with Gasteiger partial charge < -0.3 is 24.4 Å². The number of ether oxygens (including phenoxy) is 2. The van der Waals surface area contributed by atoms with Crippen molar-refractivity contribution in [1.82, 2.24) is 24.5 Å². The number of carbonyl (C=O) groups is 6. The number of carboxylic acids is 1. The third kappa shape index (κ3) is 17.3. The van der Waals surface area contributed by atoms with Crippen LogP contribution in [0.25, 0.3) is 20.4 Å². The van der Waals surface area contributed by atoms with Crippen molar-refractivity contribution in [3.05, 3.63) is 142 Å². The van der Waals surface area contributed by atoms with E-state index in [0.29, 0.717) is 71.8 Å². The van der Waals surface area contributed by atoms with Gasteiger partial charge in [-0.25, -0.2) is 31.9 Å². The Bertz CT molecular complexity index is 4450. The standard InChI is InChI=1S/C38H44ClN3O6S2.C34H37ClN2O5S.C4H9NO2S/c1-24-9-8-10-25(17-24)18-26-11-6-4-3-5-7-12-27-21-38(27,35(45)41-50(46,47)37(2)15-16-37)22-32(43)31-20-29(23-42(31)34(26)44)48-36-40-30-14-13-28(39)19-33(30)49-36;1-21-8-7-9-22(14-21)15-23-10-5-3-2-4-6-11-24-18-34(24,32(40)41)19-29(38)28-17-26(20-37(28)31(23)39)42-33-36-27-13-12-25(35)16-30(27)43-33;1-4(2-3-4)8(5,6)7/h7-10,12-14,17,19,26-27,29,31H,3-6,11,15-16,18,20-23H2,1-2H3,(H,41,45);6-9,11-14,16,23-24,26,28H,2-5,10,15,17-20H2,1H3,(H,40,41);2-3H2,1H3,(H2,5,6,7)/b12-7-;11-6-;/t26-,27-,29-,31+,38-;23-,24-,26-,28+,34-;/m11./s1. The maximum absolute atomic E-state index is 14.6. The molecule has 6 heterocycles. The number of nitrogens with two attached hydrogens (primary N) is 1. The summed E-state index contributed by atoms with van der Waals surface area (Å²) in [7, 11) is -7.12. The van der Waals surface area contributed by atoms with Crippen LogP contribution < -0.4 is 19.3 Å². The quantitative estimate of drug-likeness (QED) is 0.0906. The number of amides is 3. The minimum Gasteiger partial charge on any atom is -0.481 e. The molecule has 4 aliphatic heterocycles. The van der Waals surface area contributed by atoms with E-state index in [4.69, 9.17) is 37.8 Å². The molecule has 0 spiro atoms. The first-order chi connectivity index (χ1) is 48.0. The number of rotatable bonds is 13. The van der Waals surface area contributed by atoms with Crippen molar-refractivity contribution < 1.29 is 60.2 Å². The number of Topliss-reactive ketones (excluding diaryl/α,β-unsaturated/α-hetero) is 2. The molecule has 6 fully saturated rings. The summed E-state index contributed by atoms with van der Waals surface area (Å²) >= 11 is 15.1. The van der Waals surface area contributed by atoms with Crippen LogP contribution in [0.15, 0.2) is 109 Å². The first-order valence-corrected chi connectivity index (χ1v) is 40.8. The first kappa shape index (κ1) is 74.1.